The van der Waals surface area contributed by atoms with Crippen LogP contribution in [0.4, 0.5) is 4.79 Å². The molecule has 4 rings (SSSR count). The predicted molar refractivity (Wildman–Crippen MR) is 101 cm³/mol. The van der Waals surface area contributed by atoms with Crippen molar-refractivity contribution >= 4 is 16.9 Å². The first-order valence-corrected chi connectivity index (χ1v) is 8.87. The third-order valence-electron chi connectivity index (χ3n) is 4.82. The molecule has 0 radical (unpaired) electrons. The van der Waals surface area contributed by atoms with E-state index >= 15 is 0 Å². The van der Waals surface area contributed by atoms with Gasteiger partial charge < -0.3 is 15.6 Å². The fraction of sp³-hybridized carbons (Fsp3) is 0.286. The first-order valence-electron chi connectivity index (χ1n) is 8.87. The number of rotatable bonds is 5. The van der Waals surface area contributed by atoms with Crippen LogP contribution < -0.4 is 10.6 Å². The lowest BCUT2D eigenvalue weighted by Crippen LogP contribution is -2.39. The first kappa shape index (κ1) is 15.8. The summed E-state index contributed by atoms with van der Waals surface area (Å²) in [5, 5.41) is 7.26. The second-order valence-corrected chi connectivity index (χ2v) is 6.88. The van der Waals surface area contributed by atoms with Gasteiger partial charge in [-0.1, -0.05) is 48.0 Å². The van der Waals surface area contributed by atoms with E-state index in [4.69, 9.17) is 0 Å². The van der Waals surface area contributed by atoms with Crippen molar-refractivity contribution < 1.29 is 4.79 Å². The number of para-hydroxylation sites is 1. The third-order valence-corrected chi connectivity index (χ3v) is 4.82. The van der Waals surface area contributed by atoms with E-state index in [9.17, 15) is 4.79 Å². The summed E-state index contributed by atoms with van der Waals surface area (Å²) >= 11 is 0. The number of hydrogen-bond donors (Lipinski definition) is 3. The maximum atomic E-state index is 12.1. The summed E-state index contributed by atoms with van der Waals surface area (Å²) in [7, 11) is 0. The lowest BCUT2D eigenvalue weighted by Gasteiger charge is -2.19. The molecule has 0 saturated heterocycles. The molecule has 1 heterocycles. The Kier molecular flexibility index (Phi) is 4.18. The molecule has 2 aromatic carbocycles. The number of nitrogens with one attached hydrogen (secondary N) is 3. The van der Waals surface area contributed by atoms with E-state index in [0.717, 1.165) is 18.4 Å². The number of H-pyrrole nitrogens is 1. The highest BCUT2D eigenvalue weighted by Crippen LogP contribution is 2.31. The highest BCUT2D eigenvalue weighted by atomic mass is 16.2. The van der Waals surface area contributed by atoms with Gasteiger partial charge in [-0.3, -0.25) is 0 Å². The van der Waals surface area contributed by atoms with Gasteiger partial charge in [-0.05, 0) is 37.0 Å². The number of hydrogen-bond acceptors (Lipinski definition) is 1. The van der Waals surface area contributed by atoms with Gasteiger partial charge in [0.1, 0.15) is 0 Å². The van der Waals surface area contributed by atoms with Crippen LogP contribution >= 0.6 is 0 Å². The fourth-order valence-electron chi connectivity index (χ4n) is 3.34. The summed E-state index contributed by atoms with van der Waals surface area (Å²) in [6.45, 7) is 2.67. The lowest BCUT2D eigenvalue weighted by molar-refractivity contribution is 0.240. The van der Waals surface area contributed by atoms with Crippen molar-refractivity contribution in [3.63, 3.8) is 0 Å². The number of fused-ring (bicyclic) bond motifs is 1. The zero-order valence-corrected chi connectivity index (χ0v) is 14.4. The van der Waals surface area contributed by atoms with Gasteiger partial charge in [-0.15, -0.1) is 0 Å². The molecule has 1 aliphatic rings. The van der Waals surface area contributed by atoms with Crippen LogP contribution in [-0.4, -0.2) is 23.6 Å². The lowest BCUT2D eigenvalue weighted by atomic mass is 9.90. The Morgan fingerprint density at radius 1 is 1.20 bits per heavy atom. The van der Waals surface area contributed by atoms with E-state index in [-0.39, 0.29) is 11.9 Å². The van der Waals surface area contributed by atoms with Crippen molar-refractivity contribution in [2.75, 3.05) is 6.54 Å². The van der Waals surface area contributed by atoms with E-state index in [1.807, 2.05) is 6.07 Å². The van der Waals surface area contributed by atoms with Crippen LogP contribution in [0.5, 0.6) is 0 Å². The molecule has 1 unspecified atom stereocenters. The number of amides is 2. The Bertz CT molecular complexity index is 895. The molecule has 0 bridgehead atoms. The zero-order valence-electron chi connectivity index (χ0n) is 14.4. The van der Waals surface area contributed by atoms with Crippen LogP contribution in [0, 0.1) is 6.92 Å². The number of urea groups is 1. The molecule has 0 spiro atoms. The standard InChI is InChI=1S/C21H23N3O/c1-14-5-4-6-15(11-14)18(12-23-21(25)24-16-9-10-16)19-13-22-20-8-3-2-7-17(19)20/h2-8,11,13,16,18,22H,9-10,12H2,1H3,(H2,23,24,25). The second-order valence-electron chi connectivity index (χ2n) is 6.88. The van der Waals surface area contributed by atoms with E-state index in [0.29, 0.717) is 12.6 Å². The average Bonchev–Trinajstić information content (AvgIpc) is 3.32. The number of benzene rings is 2. The summed E-state index contributed by atoms with van der Waals surface area (Å²) in [5.41, 5.74) is 4.78. The Balaban J connectivity index is 1.64. The van der Waals surface area contributed by atoms with Crippen LogP contribution in [0.15, 0.2) is 54.7 Å². The quantitative estimate of drug-likeness (QED) is 0.648. The van der Waals surface area contributed by atoms with Crippen LogP contribution in [0.3, 0.4) is 0 Å². The van der Waals surface area contributed by atoms with Crippen molar-refractivity contribution in [3.05, 3.63) is 71.4 Å². The molecule has 3 aromatic rings. The van der Waals surface area contributed by atoms with Gasteiger partial charge >= 0.3 is 6.03 Å². The molecule has 1 saturated carbocycles. The Hall–Kier alpha value is -2.75. The van der Waals surface area contributed by atoms with Gasteiger partial charge in [-0.25, -0.2) is 4.79 Å². The molecule has 3 N–H and O–H groups in total. The highest BCUT2D eigenvalue weighted by molar-refractivity contribution is 5.84. The highest BCUT2D eigenvalue weighted by Gasteiger charge is 2.24. The van der Waals surface area contributed by atoms with E-state index < -0.39 is 0 Å². The van der Waals surface area contributed by atoms with E-state index in [1.165, 1.54) is 22.1 Å². The SMILES string of the molecule is Cc1cccc(C(CNC(=O)NC2CC2)c2c[nH]c3ccccc23)c1. The Labute approximate surface area is 147 Å². The largest absolute Gasteiger partial charge is 0.361 e. The van der Waals surface area contributed by atoms with Gasteiger partial charge in [0.15, 0.2) is 0 Å². The normalized spacial score (nSPS) is 15.1. The zero-order chi connectivity index (χ0) is 17.2. The molecule has 128 valence electrons. The third kappa shape index (κ3) is 3.53. The topological polar surface area (TPSA) is 56.9 Å². The average molecular weight is 333 g/mol. The van der Waals surface area contributed by atoms with E-state index in [1.54, 1.807) is 0 Å². The van der Waals surface area contributed by atoms with Crippen LogP contribution in [0.1, 0.15) is 35.4 Å². The number of carbonyl (C=O) groups is 1. The van der Waals surface area contributed by atoms with Crippen molar-refractivity contribution in [2.45, 2.75) is 31.7 Å². The van der Waals surface area contributed by atoms with Gasteiger partial charge in [0, 0.05) is 35.6 Å². The minimum Gasteiger partial charge on any atom is -0.361 e. The molecule has 1 aromatic heterocycles. The van der Waals surface area contributed by atoms with Gasteiger partial charge in [0.2, 0.25) is 0 Å². The smallest absolute Gasteiger partial charge is 0.315 e. The molecule has 4 nitrogen and oxygen atoms in total. The number of carbonyl (C=O) groups excluding carboxylic acids is 1. The van der Waals surface area contributed by atoms with Gasteiger partial charge in [0.25, 0.3) is 0 Å². The Morgan fingerprint density at radius 3 is 2.84 bits per heavy atom. The summed E-state index contributed by atoms with van der Waals surface area (Å²) in [5.74, 6) is 0.112. The minimum absolute atomic E-state index is 0.0694. The van der Waals surface area contributed by atoms with Crippen LogP contribution in [-0.2, 0) is 0 Å². The first-order chi connectivity index (χ1) is 12.2. The van der Waals surface area contributed by atoms with Crippen molar-refractivity contribution in [2.24, 2.45) is 0 Å². The predicted octanol–water partition coefficient (Wildman–Crippen LogP) is 4.07. The number of aromatic nitrogens is 1. The molecular weight excluding hydrogens is 310 g/mol. The van der Waals surface area contributed by atoms with Crippen molar-refractivity contribution in [1.29, 1.82) is 0 Å². The molecule has 25 heavy (non-hydrogen) atoms. The second kappa shape index (κ2) is 6.63. The van der Waals surface area contributed by atoms with Crippen LogP contribution in [0.25, 0.3) is 10.9 Å². The van der Waals surface area contributed by atoms with E-state index in [2.05, 4.69) is 71.2 Å². The molecule has 1 aliphatic carbocycles. The van der Waals surface area contributed by atoms with Crippen LogP contribution in [0.2, 0.25) is 0 Å². The van der Waals surface area contributed by atoms with Gasteiger partial charge in [-0.2, -0.15) is 0 Å². The summed E-state index contributed by atoms with van der Waals surface area (Å²) in [6, 6.07) is 17.1. The van der Waals surface area contributed by atoms with Gasteiger partial charge in [0.05, 0.1) is 0 Å². The maximum absolute atomic E-state index is 12.1. The molecule has 1 atom stereocenters. The summed E-state index contributed by atoms with van der Waals surface area (Å²) in [6.07, 6.45) is 4.26. The molecule has 4 heteroatoms. The summed E-state index contributed by atoms with van der Waals surface area (Å²) in [4.78, 5) is 15.5. The Morgan fingerprint density at radius 2 is 2.04 bits per heavy atom. The molecule has 0 aliphatic heterocycles. The molecular formula is C21H23N3O. The minimum atomic E-state index is -0.0694. The molecule has 2 amide bonds. The summed E-state index contributed by atoms with van der Waals surface area (Å²) < 4.78 is 0. The maximum Gasteiger partial charge on any atom is 0.315 e. The number of aromatic amines is 1. The molecule has 1 fully saturated rings. The number of aryl methyl sites for hydroxylation is 1. The fourth-order valence-corrected chi connectivity index (χ4v) is 3.34. The van der Waals surface area contributed by atoms with Crippen molar-refractivity contribution in [1.82, 2.24) is 15.6 Å². The monoisotopic (exact) mass is 333 g/mol. The van der Waals surface area contributed by atoms with Crippen molar-refractivity contribution in [3.8, 4) is 0 Å².